The Morgan fingerprint density at radius 1 is 1.38 bits per heavy atom. The van der Waals surface area contributed by atoms with E-state index in [0.29, 0.717) is 0 Å². The molecule has 1 unspecified atom stereocenters. The summed E-state index contributed by atoms with van der Waals surface area (Å²) in [5.74, 6) is -1.70. The van der Waals surface area contributed by atoms with Gasteiger partial charge in [-0.2, -0.15) is 0 Å². The van der Waals surface area contributed by atoms with Gasteiger partial charge in [0.15, 0.2) is 12.0 Å². The number of benzene rings is 1. The maximum Gasteiger partial charge on any atom is 0.510 e. The van der Waals surface area contributed by atoms with Crippen LogP contribution in [0.1, 0.15) is 18.4 Å². The smallest absolute Gasteiger partial charge is 0.478 e. The van der Waals surface area contributed by atoms with Crippen LogP contribution in [0.2, 0.25) is 0 Å². The summed E-state index contributed by atoms with van der Waals surface area (Å²) in [7, 11) is 1.13. The van der Waals surface area contributed by atoms with Gasteiger partial charge in [0, 0.05) is 6.42 Å². The summed E-state index contributed by atoms with van der Waals surface area (Å²) < 4.78 is 15.4. The maximum absolute atomic E-state index is 12.1. The number of nitrogens with zero attached hydrogens (tertiary/aromatic N) is 1. The molecule has 2 saturated heterocycles. The second-order valence-electron chi connectivity index (χ2n) is 5.74. The molecule has 0 aliphatic carbocycles. The summed E-state index contributed by atoms with van der Waals surface area (Å²) in [6.07, 6.45) is 2.65. The number of methoxy groups -OCH3 is 1. The second-order valence-corrected chi connectivity index (χ2v) is 5.74. The highest BCUT2D eigenvalue weighted by Gasteiger charge is 2.63. The number of carbonyl (C=O) groups is 3. The van der Waals surface area contributed by atoms with Gasteiger partial charge in [0.05, 0.1) is 19.6 Å². The highest BCUT2D eigenvalue weighted by Crippen LogP contribution is 2.47. The third-order valence-corrected chi connectivity index (χ3v) is 4.12. The Labute approximate surface area is 149 Å². The van der Waals surface area contributed by atoms with E-state index < -0.39 is 24.1 Å². The number of carboxylic acids is 1. The van der Waals surface area contributed by atoms with E-state index in [0.717, 1.165) is 18.7 Å². The van der Waals surface area contributed by atoms with Crippen LogP contribution in [0, 0.1) is 0 Å². The molecule has 0 bridgehead atoms. The van der Waals surface area contributed by atoms with Gasteiger partial charge in [-0.3, -0.25) is 9.69 Å². The average Bonchev–Trinajstić information content (AvgIpc) is 2.82. The largest absolute Gasteiger partial charge is 0.510 e. The molecule has 1 aromatic rings. The van der Waals surface area contributed by atoms with Gasteiger partial charge in [-0.05, 0) is 5.56 Å². The molecule has 26 heavy (non-hydrogen) atoms. The molecule has 1 amide bonds. The fraction of sp³-hybridized carbons (Fsp3) is 0.278. The molecule has 1 aromatic carbocycles. The van der Waals surface area contributed by atoms with Crippen LogP contribution in [-0.4, -0.2) is 47.1 Å². The molecule has 136 valence electrons. The zero-order chi connectivity index (χ0) is 18.7. The number of amides is 1. The molecule has 2 heterocycles. The van der Waals surface area contributed by atoms with E-state index in [2.05, 4.69) is 4.74 Å². The Hall–Kier alpha value is -3.29. The van der Waals surface area contributed by atoms with Crippen LogP contribution in [0.5, 0.6) is 0 Å². The molecule has 2 atom stereocenters. The van der Waals surface area contributed by atoms with Crippen LogP contribution in [-0.2, 0) is 23.8 Å². The summed E-state index contributed by atoms with van der Waals surface area (Å²) in [5, 5.41) is 9.11. The molecule has 0 spiro atoms. The molecule has 0 aromatic heterocycles. The normalized spacial score (nSPS) is 25.6. The van der Waals surface area contributed by atoms with Crippen molar-refractivity contribution in [3.63, 3.8) is 0 Å². The van der Waals surface area contributed by atoms with Crippen LogP contribution in [0.3, 0.4) is 0 Å². The maximum atomic E-state index is 12.1. The van der Waals surface area contributed by atoms with Crippen molar-refractivity contribution in [2.45, 2.75) is 24.8 Å². The van der Waals surface area contributed by atoms with Gasteiger partial charge in [-0.1, -0.05) is 42.5 Å². The van der Waals surface area contributed by atoms with Crippen LogP contribution < -0.4 is 0 Å². The first-order valence-corrected chi connectivity index (χ1v) is 7.89. The van der Waals surface area contributed by atoms with E-state index in [1.807, 2.05) is 30.3 Å². The van der Waals surface area contributed by atoms with Gasteiger partial charge in [0.2, 0.25) is 5.91 Å². The monoisotopic (exact) mass is 359 g/mol. The van der Waals surface area contributed by atoms with E-state index in [-0.39, 0.29) is 24.5 Å². The number of carboxylic acid groups (broad SMARTS) is 1. The summed E-state index contributed by atoms with van der Waals surface area (Å²) in [4.78, 5) is 36.3. The third kappa shape index (κ3) is 3.13. The van der Waals surface area contributed by atoms with E-state index in [1.165, 1.54) is 4.90 Å². The van der Waals surface area contributed by atoms with Gasteiger partial charge in [0.25, 0.3) is 5.72 Å². The van der Waals surface area contributed by atoms with E-state index in [1.54, 1.807) is 12.2 Å². The lowest BCUT2D eigenvalue weighted by atomic mass is 10.00. The van der Waals surface area contributed by atoms with Crippen molar-refractivity contribution in [2.24, 2.45) is 0 Å². The van der Waals surface area contributed by atoms with Gasteiger partial charge in [-0.15, -0.1) is 0 Å². The predicted molar refractivity (Wildman–Crippen MR) is 88.4 cm³/mol. The predicted octanol–water partition coefficient (Wildman–Crippen LogP) is 2.13. The molecule has 2 aliphatic rings. The zero-order valence-corrected chi connectivity index (χ0v) is 14.0. The van der Waals surface area contributed by atoms with E-state index in [9.17, 15) is 14.4 Å². The van der Waals surface area contributed by atoms with Gasteiger partial charge >= 0.3 is 12.1 Å². The number of ether oxygens (including phenoxy) is 3. The molecule has 2 aliphatic heterocycles. The quantitative estimate of drug-likeness (QED) is 0.488. The summed E-state index contributed by atoms with van der Waals surface area (Å²) in [6, 6.07) is 9.36. The Balaban J connectivity index is 1.96. The topological polar surface area (TPSA) is 102 Å². The highest BCUT2D eigenvalue weighted by molar-refractivity contribution is 5.86. The molecule has 3 rings (SSSR count). The molecule has 2 fully saturated rings. The SMILES string of the molecule is COC(=O)OC1(CC=Cc2ccccc2)C(=CC(=O)O)O[C@@H]2CC(=O)N21. The Morgan fingerprint density at radius 3 is 2.73 bits per heavy atom. The lowest BCUT2D eigenvalue weighted by Gasteiger charge is -2.41. The number of hydrogen-bond acceptors (Lipinski definition) is 6. The average molecular weight is 359 g/mol. The summed E-state index contributed by atoms with van der Waals surface area (Å²) >= 11 is 0. The number of β-lactam (4-membered cyclic amide) rings is 1. The third-order valence-electron chi connectivity index (χ3n) is 4.12. The Morgan fingerprint density at radius 2 is 2.12 bits per heavy atom. The van der Waals surface area contributed by atoms with E-state index >= 15 is 0 Å². The second kappa shape index (κ2) is 6.91. The zero-order valence-electron chi connectivity index (χ0n) is 14.0. The van der Waals surface area contributed by atoms with Crippen molar-refractivity contribution in [3.8, 4) is 0 Å². The minimum absolute atomic E-state index is 0.0122. The first-order chi connectivity index (χ1) is 12.5. The highest BCUT2D eigenvalue weighted by atomic mass is 16.7. The van der Waals surface area contributed by atoms with Crippen molar-refractivity contribution in [2.75, 3.05) is 7.11 Å². The van der Waals surface area contributed by atoms with Gasteiger partial charge in [-0.25, -0.2) is 9.59 Å². The molecular weight excluding hydrogens is 342 g/mol. The number of hydrogen-bond donors (Lipinski definition) is 1. The van der Waals surface area contributed by atoms with Gasteiger partial charge < -0.3 is 19.3 Å². The lowest BCUT2D eigenvalue weighted by Crippen LogP contribution is -2.60. The van der Waals surface area contributed by atoms with Crippen molar-refractivity contribution in [1.29, 1.82) is 0 Å². The molecular formula is C18H17NO7. The molecule has 0 radical (unpaired) electrons. The Bertz CT molecular complexity index is 786. The molecule has 0 saturated carbocycles. The fourth-order valence-corrected chi connectivity index (χ4v) is 2.97. The summed E-state index contributed by atoms with van der Waals surface area (Å²) in [6.45, 7) is 0. The minimum atomic E-state index is -1.68. The van der Waals surface area contributed by atoms with Crippen LogP contribution >= 0.6 is 0 Å². The molecule has 8 nitrogen and oxygen atoms in total. The fourth-order valence-electron chi connectivity index (χ4n) is 2.97. The first-order valence-electron chi connectivity index (χ1n) is 7.89. The van der Waals surface area contributed by atoms with Crippen molar-refractivity contribution in [1.82, 2.24) is 4.90 Å². The number of carbonyl (C=O) groups excluding carboxylic acids is 2. The standard InChI is InChI=1S/C18H17NO7/c1-24-17(23)26-18(9-5-8-12-6-3-2-4-7-12)13(10-16(21)22)25-15-11-14(20)19(15)18/h2-8,10,15H,9,11H2,1H3,(H,21,22)/t15-,18?/m1/s1. The number of fused-ring (bicyclic) bond motifs is 1. The first kappa shape index (κ1) is 17.5. The number of rotatable bonds is 5. The Kier molecular flexibility index (Phi) is 4.66. The van der Waals surface area contributed by atoms with Crippen LogP contribution in [0.4, 0.5) is 4.79 Å². The van der Waals surface area contributed by atoms with Crippen molar-refractivity contribution >= 4 is 24.1 Å². The minimum Gasteiger partial charge on any atom is -0.478 e. The van der Waals surface area contributed by atoms with Crippen LogP contribution in [0.15, 0.2) is 48.2 Å². The van der Waals surface area contributed by atoms with Crippen LogP contribution in [0.25, 0.3) is 6.08 Å². The van der Waals surface area contributed by atoms with Gasteiger partial charge in [0.1, 0.15) is 0 Å². The summed E-state index contributed by atoms with van der Waals surface area (Å²) in [5.41, 5.74) is -0.786. The molecule has 1 N–H and O–H groups in total. The van der Waals surface area contributed by atoms with E-state index in [4.69, 9.17) is 14.6 Å². The lowest BCUT2D eigenvalue weighted by molar-refractivity contribution is -0.179. The van der Waals surface area contributed by atoms with Crippen molar-refractivity contribution < 1.29 is 33.7 Å². The number of aliphatic carboxylic acids is 1. The van der Waals surface area contributed by atoms with Crippen molar-refractivity contribution in [3.05, 3.63) is 53.8 Å². The molecule has 8 heteroatoms.